The van der Waals surface area contributed by atoms with Gasteiger partial charge in [-0.3, -0.25) is 15.0 Å². The van der Waals surface area contributed by atoms with E-state index in [0.717, 1.165) is 38.0 Å². The van der Waals surface area contributed by atoms with Gasteiger partial charge in [0.05, 0.1) is 18.3 Å². The molecule has 2 atom stereocenters. The molecule has 2 bridgehead atoms. The van der Waals surface area contributed by atoms with Gasteiger partial charge in [-0.25, -0.2) is 14.8 Å². The van der Waals surface area contributed by atoms with Crippen LogP contribution in [0.5, 0.6) is 5.75 Å². The minimum absolute atomic E-state index is 0.0333. The van der Waals surface area contributed by atoms with Crippen LogP contribution in [-0.2, 0) is 9.47 Å². The molecule has 3 aliphatic heterocycles. The number of nitrogens with one attached hydrogen (secondary N) is 2. The average molecular weight is 495 g/mol. The Hall–Kier alpha value is -3.44. The van der Waals surface area contributed by atoms with Gasteiger partial charge in [0, 0.05) is 31.4 Å². The Labute approximate surface area is 209 Å². The summed E-state index contributed by atoms with van der Waals surface area (Å²) in [4.78, 5) is 38.9. The smallest absolute Gasteiger partial charge is 0.329 e. The fourth-order valence-corrected chi connectivity index (χ4v) is 4.86. The molecule has 1 aliphatic carbocycles. The molecule has 190 valence electrons. The summed E-state index contributed by atoms with van der Waals surface area (Å²) in [7, 11) is 0. The summed E-state index contributed by atoms with van der Waals surface area (Å²) in [5.41, 5.74) is 1.17. The van der Waals surface area contributed by atoms with Crippen molar-refractivity contribution in [1.29, 1.82) is 0 Å². The van der Waals surface area contributed by atoms with Gasteiger partial charge in [-0.2, -0.15) is 0 Å². The normalized spacial score (nSPS) is 23.8. The van der Waals surface area contributed by atoms with Crippen LogP contribution >= 0.6 is 0 Å². The Morgan fingerprint density at radius 2 is 2.08 bits per heavy atom. The summed E-state index contributed by atoms with van der Waals surface area (Å²) in [5, 5.41) is 5.86. The molecule has 2 unspecified atom stereocenters. The molecule has 1 saturated carbocycles. The number of hydrogen-bond donors (Lipinski definition) is 2. The fraction of sp³-hybridized carbons (Fsp3) is 0.520. The van der Waals surface area contributed by atoms with Crippen molar-refractivity contribution in [2.45, 2.75) is 57.1 Å². The zero-order valence-corrected chi connectivity index (χ0v) is 20.4. The Kier molecular flexibility index (Phi) is 5.68. The van der Waals surface area contributed by atoms with E-state index in [4.69, 9.17) is 14.2 Å². The first-order chi connectivity index (χ1) is 17.3. The maximum absolute atomic E-state index is 13.5. The van der Waals surface area contributed by atoms with E-state index in [1.165, 1.54) is 0 Å². The Morgan fingerprint density at radius 1 is 1.22 bits per heavy atom. The number of urea groups is 1. The van der Waals surface area contributed by atoms with E-state index in [0.29, 0.717) is 36.3 Å². The van der Waals surface area contributed by atoms with Gasteiger partial charge in [0.1, 0.15) is 30.0 Å². The third kappa shape index (κ3) is 4.68. The third-order valence-corrected chi connectivity index (χ3v) is 6.79. The summed E-state index contributed by atoms with van der Waals surface area (Å²) in [6.45, 7) is 6.09. The molecule has 11 heteroatoms. The lowest BCUT2D eigenvalue weighted by Gasteiger charge is -2.35. The van der Waals surface area contributed by atoms with Crippen LogP contribution in [0.4, 0.5) is 22.1 Å². The Morgan fingerprint density at radius 3 is 2.86 bits per heavy atom. The molecule has 2 aromatic rings. The largest absolute Gasteiger partial charge is 0.491 e. The van der Waals surface area contributed by atoms with Crippen molar-refractivity contribution in [3.63, 3.8) is 0 Å². The van der Waals surface area contributed by atoms with E-state index in [-0.39, 0.29) is 30.1 Å². The van der Waals surface area contributed by atoms with Crippen molar-refractivity contribution >= 4 is 29.3 Å². The van der Waals surface area contributed by atoms with Crippen molar-refractivity contribution in [2.24, 2.45) is 0 Å². The summed E-state index contributed by atoms with van der Waals surface area (Å²) in [6, 6.07) is 6.88. The van der Waals surface area contributed by atoms with Crippen LogP contribution in [0.1, 0.15) is 43.6 Å². The number of fused-ring (bicyclic) bond motifs is 4. The van der Waals surface area contributed by atoms with Gasteiger partial charge in [0.2, 0.25) is 0 Å². The summed E-state index contributed by atoms with van der Waals surface area (Å²) < 4.78 is 17.2. The molecular formula is C25H30N6O5. The van der Waals surface area contributed by atoms with Crippen LogP contribution in [0.25, 0.3) is 0 Å². The van der Waals surface area contributed by atoms with Crippen molar-refractivity contribution in [2.75, 3.05) is 41.4 Å². The van der Waals surface area contributed by atoms with E-state index < -0.39 is 5.79 Å². The zero-order chi connectivity index (χ0) is 24.9. The maximum atomic E-state index is 13.5. The molecule has 11 nitrogen and oxygen atoms in total. The highest BCUT2D eigenvalue weighted by Crippen LogP contribution is 2.39. The van der Waals surface area contributed by atoms with Crippen LogP contribution < -0.4 is 25.2 Å². The topological polar surface area (TPSA) is 118 Å². The number of carbonyl (C=O) groups is 2. The minimum Gasteiger partial charge on any atom is -0.491 e. The number of ether oxygens (including phenoxy) is 3. The number of nitrogens with zero attached hydrogens (tertiary/aromatic N) is 4. The highest BCUT2D eigenvalue weighted by atomic mass is 16.7. The van der Waals surface area contributed by atoms with Gasteiger partial charge in [-0.15, -0.1) is 0 Å². The monoisotopic (exact) mass is 494 g/mol. The molecule has 0 spiro atoms. The molecule has 4 aliphatic rings. The number of amides is 3. The van der Waals surface area contributed by atoms with Gasteiger partial charge < -0.3 is 24.4 Å². The van der Waals surface area contributed by atoms with Gasteiger partial charge in [0.15, 0.2) is 11.6 Å². The molecule has 3 fully saturated rings. The van der Waals surface area contributed by atoms with E-state index in [9.17, 15) is 9.59 Å². The molecule has 6 rings (SSSR count). The van der Waals surface area contributed by atoms with Crippen LogP contribution in [0.2, 0.25) is 0 Å². The van der Waals surface area contributed by atoms with Crippen LogP contribution in [-0.4, -0.2) is 72.2 Å². The van der Waals surface area contributed by atoms with Crippen molar-refractivity contribution in [3.8, 4) is 5.75 Å². The van der Waals surface area contributed by atoms with Crippen molar-refractivity contribution < 1.29 is 23.8 Å². The first-order valence-corrected chi connectivity index (χ1v) is 12.4. The second-order valence-corrected chi connectivity index (χ2v) is 10.1. The number of anilines is 3. The van der Waals surface area contributed by atoms with Crippen LogP contribution in [0.3, 0.4) is 0 Å². The second-order valence-electron chi connectivity index (χ2n) is 10.1. The standard InChI is InChI=1S/C25H30N6O5/c1-25(2)35-14-18(36-25)13-34-17-7-9-26-21(11-17)29-24(33)31-16-8-10-30(12-16)20-6-5-19(28-22(20)31)23(32)27-15-3-4-15/h5-7,9,11,15-16,18H,3-4,8,10,12-14H2,1-2H3,(H,27,32)(H,26,29,33). The third-order valence-electron chi connectivity index (χ3n) is 6.79. The summed E-state index contributed by atoms with van der Waals surface area (Å²) in [6.07, 6.45) is 4.23. The number of carbonyl (C=O) groups excluding carboxylic acids is 2. The second kappa shape index (κ2) is 8.90. The lowest BCUT2D eigenvalue weighted by molar-refractivity contribution is -0.141. The summed E-state index contributed by atoms with van der Waals surface area (Å²) >= 11 is 0. The zero-order valence-electron chi connectivity index (χ0n) is 20.4. The van der Waals surface area contributed by atoms with Gasteiger partial charge in [-0.05, 0) is 51.3 Å². The minimum atomic E-state index is -0.613. The van der Waals surface area contributed by atoms with E-state index >= 15 is 0 Å². The average Bonchev–Trinajstić information content (AvgIpc) is 3.46. The Bertz CT molecular complexity index is 1190. The molecule has 0 aromatic carbocycles. The number of aromatic nitrogens is 2. The lowest BCUT2D eigenvalue weighted by atomic mass is 10.1. The summed E-state index contributed by atoms with van der Waals surface area (Å²) in [5.74, 6) is 0.611. The molecule has 2 N–H and O–H groups in total. The van der Waals surface area contributed by atoms with Crippen LogP contribution in [0, 0.1) is 0 Å². The SMILES string of the molecule is CC1(C)OCC(COc2ccnc(NC(=O)N3c4nc(C(=O)NC5CC5)ccc4N4CCC3C4)c2)O1. The van der Waals surface area contributed by atoms with Gasteiger partial charge >= 0.3 is 6.03 Å². The number of pyridine rings is 2. The number of rotatable bonds is 6. The van der Waals surface area contributed by atoms with E-state index in [1.807, 2.05) is 19.9 Å². The quantitative estimate of drug-likeness (QED) is 0.629. The maximum Gasteiger partial charge on any atom is 0.329 e. The van der Waals surface area contributed by atoms with E-state index in [1.54, 1.807) is 29.3 Å². The predicted octanol–water partition coefficient (Wildman–Crippen LogP) is 2.53. The first-order valence-electron chi connectivity index (χ1n) is 12.4. The highest BCUT2D eigenvalue weighted by molar-refractivity contribution is 6.05. The van der Waals surface area contributed by atoms with Gasteiger partial charge in [-0.1, -0.05) is 0 Å². The Balaban J connectivity index is 1.17. The molecule has 2 saturated heterocycles. The molecule has 3 amide bonds. The van der Waals surface area contributed by atoms with Crippen molar-refractivity contribution in [1.82, 2.24) is 15.3 Å². The molecule has 2 aromatic heterocycles. The predicted molar refractivity (Wildman–Crippen MR) is 131 cm³/mol. The van der Waals surface area contributed by atoms with E-state index in [2.05, 4.69) is 25.5 Å². The molecule has 36 heavy (non-hydrogen) atoms. The van der Waals surface area contributed by atoms with Crippen molar-refractivity contribution in [3.05, 3.63) is 36.2 Å². The number of hydrogen-bond acceptors (Lipinski definition) is 8. The van der Waals surface area contributed by atoms with Crippen LogP contribution in [0.15, 0.2) is 30.5 Å². The fourth-order valence-electron chi connectivity index (χ4n) is 4.86. The molecule has 5 heterocycles. The molecular weight excluding hydrogens is 464 g/mol. The first kappa shape index (κ1) is 23.0. The lowest BCUT2D eigenvalue weighted by Crippen LogP contribution is -2.48. The van der Waals surface area contributed by atoms with Gasteiger partial charge in [0.25, 0.3) is 5.91 Å². The molecule has 0 radical (unpaired) electrons. The highest BCUT2D eigenvalue weighted by Gasteiger charge is 2.41.